The second kappa shape index (κ2) is 5.28. The zero-order valence-electron chi connectivity index (χ0n) is 10.6. The third-order valence-corrected chi connectivity index (χ3v) is 3.84. The van der Waals surface area contributed by atoms with Crippen LogP contribution in [0.2, 0.25) is 5.02 Å². The summed E-state index contributed by atoms with van der Waals surface area (Å²) in [6.07, 6.45) is 4.60. The van der Waals surface area contributed by atoms with Gasteiger partial charge in [0.25, 0.3) is 0 Å². The van der Waals surface area contributed by atoms with Gasteiger partial charge in [0.05, 0.1) is 0 Å². The summed E-state index contributed by atoms with van der Waals surface area (Å²) in [6.45, 7) is 4.21. The Hall–Kier alpha value is -0.730. The topological polar surface area (TPSA) is 38.0 Å². The average Bonchev–Trinajstić information content (AvgIpc) is 2.26. The van der Waals surface area contributed by atoms with Crippen molar-refractivity contribution in [2.45, 2.75) is 51.6 Å². The fraction of sp³-hybridized carbons (Fsp3) is 0.571. The SMILES string of the molecule is Cc1cc(Cl)cc(C)c1NC1CCC(N)CC1. The van der Waals surface area contributed by atoms with E-state index in [1.165, 1.54) is 29.7 Å². The van der Waals surface area contributed by atoms with Gasteiger partial charge in [-0.05, 0) is 62.8 Å². The van der Waals surface area contributed by atoms with Gasteiger partial charge in [-0.2, -0.15) is 0 Å². The van der Waals surface area contributed by atoms with Gasteiger partial charge in [0.15, 0.2) is 0 Å². The Bertz CT molecular complexity index is 372. The Labute approximate surface area is 109 Å². The monoisotopic (exact) mass is 252 g/mol. The van der Waals surface area contributed by atoms with Crippen molar-refractivity contribution in [1.82, 2.24) is 0 Å². The van der Waals surface area contributed by atoms with Gasteiger partial charge in [-0.15, -0.1) is 0 Å². The molecule has 0 aromatic heterocycles. The Morgan fingerprint density at radius 2 is 1.65 bits per heavy atom. The molecule has 2 rings (SSSR count). The summed E-state index contributed by atoms with van der Waals surface area (Å²) in [5.41, 5.74) is 9.62. The molecule has 0 radical (unpaired) electrons. The normalized spacial score (nSPS) is 24.7. The lowest BCUT2D eigenvalue weighted by molar-refractivity contribution is 0.411. The predicted octanol–water partition coefficient (Wildman–Crippen LogP) is 3.64. The van der Waals surface area contributed by atoms with Crippen LogP contribution in [0, 0.1) is 13.8 Å². The van der Waals surface area contributed by atoms with Crippen LogP contribution in [-0.4, -0.2) is 12.1 Å². The van der Waals surface area contributed by atoms with E-state index in [9.17, 15) is 0 Å². The van der Waals surface area contributed by atoms with Gasteiger partial charge in [0, 0.05) is 22.8 Å². The maximum atomic E-state index is 6.04. The molecule has 2 nitrogen and oxygen atoms in total. The Morgan fingerprint density at radius 3 is 2.18 bits per heavy atom. The van der Waals surface area contributed by atoms with Crippen LogP contribution in [0.25, 0.3) is 0 Å². The smallest absolute Gasteiger partial charge is 0.0412 e. The van der Waals surface area contributed by atoms with Gasteiger partial charge in [-0.1, -0.05) is 11.6 Å². The van der Waals surface area contributed by atoms with Crippen LogP contribution in [0.5, 0.6) is 0 Å². The van der Waals surface area contributed by atoms with E-state index >= 15 is 0 Å². The zero-order chi connectivity index (χ0) is 12.4. The highest BCUT2D eigenvalue weighted by molar-refractivity contribution is 6.30. The van der Waals surface area contributed by atoms with Crippen molar-refractivity contribution in [3.8, 4) is 0 Å². The molecule has 3 heteroatoms. The van der Waals surface area contributed by atoms with Crippen LogP contribution in [0.4, 0.5) is 5.69 Å². The Balaban J connectivity index is 2.08. The molecular formula is C14H21ClN2. The van der Waals surface area contributed by atoms with Crippen molar-refractivity contribution in [1.29, 1.82) is 0 Å². The quantitative estimate of drug-likeness (QED) is 0.844. The first kappa shape index (κ1) is 12.7. The molecule has 1 saturated carbocycles. The lowest BCUT2D eigenvalue weighted by Gasteiger charge is -2.29. The minimum Gasteiger partial charge on any atom is -0.382 e. The molecule has 1 aromatic carbocycles. The first-order valence-corrected chi connectivity index (χ1v) is 6.73. The second-order valence-corrected chi connectivity index (χ2v) is 5.61. The molecule has 0 unspecified atom stereocenters. The molecule has 1 fully saturated rings. The van der Waals surface area contributed by atoms with E-state index in [0.717, 1.165) is 17.9 Å². The molecular weight excluding hydrogens is 232 g/mol. The van der Waals surface area contributed by atoms with Crippen molar-refractivity contribution in [3.63, 3.8) is 0 Å². The van der Waals surface area contributed by atoms with Crippen molar-refractivity contribution in [2.24, 2.45) is 5.73 Å². The number of anilines is 1. The van der Waals surface area contributed by atoms with Gasteiger partial charge >= 0.3 is 0 Å². The van der Waals surface area contributed by atoms with E-state index < -0.39 is 0 Å². The van der Waals surface area contributed by atoms with Crippen molar-refractivity contribution in [3.05, 3.63) is 28.3 Å². The van der Waals surface area contributed by atoms with E-state index in [1.54, 1.807) is 0 Å². The Morgan fingerprint density at radius 1 is 1.12 bits per heavy atom. The van der Waals surface area contributed by atoms with Crippen LogP contribution in [0.1, 0.15) is 36.8 Å². The van der Waals surface area contributed by atoms with Crippen molar-refractivity contribution >= 4 is 17.3 Å². The highest BCUT2D eigenvalue weighted by Gasteiger charge is 2.19. The number of halogens is 1. The number of benzene rings is 1. The lowest BCUT2D eigenvalue weighted by atomic mass is 9.91. The molecule has 0 aliphatic heterocycles. The standard InChI is InChI=1S/C14H21ClN2/c1-9-7-11(15)8-10(2)14(9)17-13-5-3-12(16)4-6-13/h7-8,12-13,17H,3-6,16H2,1-2H3. The summed E-state index contributed by atoms with van der Waals surface area (Å²) >= 11 is 6.04. The minimum absolute atomic E-state index is 0.403. The fourth-order valence-electron chi connectivity index (χ4n) is 2.61. The third kappa shape index (κ3) is 3.14. The lowest BCUT2D eigenvalue weighted by Crippen LogP contribution is -2.33. The van der Waals surface area contributed by atoms with E-state index in [1.807, 2.05) is 12.1 Å². The average molecular weight is 253 g/mol. The predicted molar refractivity (Wildman–Crippen MR) is 74.8 cm³/mol. The van der Waals surface area contributed by atoms with Gasteiger partial charge in [0.2, 0.25) is 0 Å². The van der Waals surface area contributed by atoms with E-state index in [0.29, 0.717) is 12.1 Å². The summed E-state index contributed by atoms with van der Waals surface area (Å²) in [5, 5.41) is 4.47. The molecule has 3 N–H and O–H groups in total. The first-order valence-electron chi connectivity index (χ1n) is 6.35. The maximum Gasteiger partial charge on any atom is 0.0412 e. The molecule has 0 bridgehead atoms. The molecule has 1 aliphatic carbocycles. The molecule has 0 saturated heterocycles. The third-order valence-electron chi connectivity index (χ3n) is 3.62. The van der Waals surface area contributed by atoms with Gasteiger partial charge in [-0.3, -0.25) is 0 Å². The Kier molecular flexibility index (Phi) is 3.95. The van der Waals surface area contributed by atoms with Crippen LogP contribution in [-0.2, 0) is 0 Å². The summed E-state index contributed by atoms with van der Waals surface area (Å²) in [4.78, 5) is 0. The van der Waals surface area contributed by atoms with Gasteiger partial charge in [-0.25, -0.2) is 0 Å². The zero-order valence-corrected chi connectivity index (χ0v) is 11.3. The first-order chi connectivity index (χ1) is 8.06. The number of hydrogen-bond acceptors (Lipinski definition) is 2. The van der Waals surface area contributed by atoms with Crippen LogP contribution >= 0.6 is 11.6 Å². The molecule has 0 spiro atoms. The van der Waals surface area contributed by atoms with Gasteiger partial charge in [0.1, 0.15) is 0 Å². The van der Waals surface area contributed by atoms with Crippen molar-refractivity contribution < 1.29 is 0 Å². The number of aryl methyl sites for hydroxylation is 2. The van der Waals surface area contributed by atoms with E-state index in [4.69, 9.17) is 17.3 Å². The second-order valence-electron chi connectivity index (χ2n) is 5.17. The van der Waals surface area contributed by atoms with Crippen LogP contribution in [0.3, 0.4) is 0 Å². The molecule has 0 heterocycles. The molecule has 17 heavy (non-hydrogen) atoms. The molecule has 0 atom stereocenters. The van der Waals surface area contributed by atoms with E-state index in [2.05, 4.69) is 19.2 Å². The van der Waals surface area contributed by atoms with Crippen LogP contribution < -0.4 is 11.1 Å². The summed E-state index contributed by atoms with van der Waals surface area (Å²) in [7, 11) is 0. The molecule has 1 aliphatic rings. The molecule has 1 aromatic rings. The number of rotatable bonds is 2. The minimum atomic E-state index is 0.403. The van der Waals surface area contributed by atoms with E-state index in [-0.39, 0.29) is 0 Å². The summed E-state index contributed by atoms with van der Waals surface area (Å²) < 4.78 is 0. The fourth-order valence-corrected chi connectivity index (χ4v) is 2.93. The van der Waals surface area contributed by atoms with Crippen LogP contribution in [0.15, 0.2) is 12.1 Å². The highest BCUT2D eigenvalue weighted by atomic mass is 35.5. The molecule has 0 amide bonds. The van der Waals surface area contributed by atoms with Gasteiger partial charge < -0.3 is 11.1 Å². The number of nitrogens with one attached hydrogen (secondary N) is 1. The summed E-state index contributed by atoms with van der Waals surface area (Å²) in [5.74, 6) is 0. The molecule has 94 valence electrons. The highest BCUT2D eigenvalue weighted by Crippen LogP contribution is 2.28. The maximum absolute atomic E-state index is 6.04. The largest absolute Gasteiger partial charge is 0.382 e. The number of hydrogen-bond donors (Lipinski definition) is 2. The number of nitrogens with two attached hydrogens (primary N) is 1. The summed E-state index contributed by atoms with van der Waals surface area (Å²) in [6, 6.07) is 5.01. The van der Waals surface area contributed by atoms with Crippen molar-refractivity contribution in [2.75, 3.05) is 5.32 Å².